The van der Waals surface area contributed by atoms with Crippen LogP contribution in [0.25, 0.3) is 0 Å². The molecular weight excluding hydrogens is 286 g/mol. The average Bonchev–Trinajstić information content (AvgIpc) is 2.80. The molecule has 1 aliphatic rings. The van der Waals surface area contributed by atoms with Crippen molar-refractivity contribution in [3.63, 3.8) is 0 Å². The molecule has 0 spiro atoms. The third-order valence-corrected chi connectivity index (χ3v) is 4.34. The first kappa shape index (κ1) is 14.4. The van der Waals surface area contributed by atoms with Crippen molar-refractivity contribution in [1.29, 1.82) is 0 Å². The minimum absolute atomic E-state index is 0.797. The number of anilines is 1. The Morgan fingerprint density at radius 3 is 2.57 bits per heavy atom. The summed E-state index contributed by atoms with van der Waals surface area (Å²) in [5.74, 6) is 0.935. The van der Waals surface area contributed by atoms with E-state index in [4.69, 9.17) is 16.1 Å². The van der Waals surface area contributed by atoms with Gasteiger partial charge in [-0.2, -0.15) is 0 Å². The Labute approximate surface area is 130 Å². The summed E-state index contributed by atoms with van der Waals surface area (Å²) in [6, 6.07) is 8.08. The van der Waals surface area contributed by atoms with Gasteiger partial charge in [-0.3, -0.25) is 4.90 Å². The lowest BCUT2D eigenvalue weighted by Gasteiger charge is -2.36. The summed E-state index contributed by atoms with van der Waals surface area (Å²) in [4.78, 5) is 4.84. The maximum atomic E-state index is 6.07. The van der Waals surface area contributed by atoms with Gasteiger partial charge in [-0.05, 0) is 32.0 Å². The second-order valence-corrected chi connectivity index (χ2v) is 5.98. The lowest BCUT2D eigenvalue weighted by Crippen LogP contribution is -2.46. The van der Waals surface area contributed by atoms with Crippen LogP contribution < -0.4 is 4.90 Å². The number of piperazine rings is 1. The van der Waals surface area contributed by atoms with Crippen LogP contribution in [-0.2, 0) is 6.54 Å². The van der Waals surface area contributed by atoms with Crippen LogP contribution in [0.1, 0.15) is 17.0 Å². The summed E-state index contributed by atoms with van der Waals surface area (Å²) in [7, 11) is 0. The molecule has 0 aliphatic carbocycles. The highest BCUT2D eigenvalue weighted by atomic mass is 35.5. The molecule has 0 N–H and O–H groups in total. The predicted octanol–water partition coefficient (Wildman–Crippen LogP) is 3.27. The van der Waals surface area contributed by atoms with E-state index in [1.54, 1.807) is 0 Å². The van der Waals surface area contributed by atoms with E-state index in [0.717, 1.165) is 49.2 Å². The number of benzene rings is 1. The Kier molecular flexibility index (Phi) is 4.17. The quantitative estimate of drug-likeness (QED) is 0.871. The summed E-state index contributed by atoms with van der Waals surface area (Å²) in [5, 5.41) is 4.82. The van der Waals surface area contributed by atoms with Crippen molar-refractivity contribution in [1.82, 2.24) is 10.1 Å². The topological polar surface area (TPSA) is 32.5 Å². The molecule has 3 rings (SSSR count). The SMILES string of the molecule is Cc1noc(C)c1CN1CCN(c2cccc(Cl)c2)CC1. The monoisotopic (exact) mass is 305 g/mol. The first-order valence-electron chi connectivity index (χ1n) is 7.28. The Morgan fingerprint density at radius 1 is 1.19 bits per heavy atom. The standard InChI is InChI=1S/C16H20ClN3O/c1-12-16(13(2)21-18-12)11-19-6-8-20(9-7-19)15-5-3-4-14(17)10-15/h3-5,10H,6-9,11H2,1-2H3. The van der Waals surface area contributed by atoms with Gasteiger partial charge in [-0.1, -0.05) is 22.8 Å². The lowest BCUT2D eigenvalue weighted by molar-refractivity contribution is 0.248. The molecular formula is C16H20ClN3O. The van der Waals surface area contributed by atoms with E-state index < -0.39 is 0 Å². The van der Waals surface area contributed by atoms with Gasteiger partial charge in [0.2, 0.25) is 0 Å². The number of aromatic nitrogens is 1. The average molecular weight is 306 g/mol. The summed E-state index contributed by atoms with van der Waals surface area (Å²) < 4.78 is 5.24. The van der Waals surface area contributed by atoms with Crippen molar-refractivity contribution in [2.24, 2.45) is 0 Å². The maximum Gasteiger partial charge on any atom is 0.138 e. The van der Waals surface area contributed by atoms with E-state index in [-0.39, 0.29) is 0 Å². The molecule has 1 saturated heterocycles. The molecule has 4 nitrogen and oxygen atoms in total. The van der Waals surface area contributed by atoms with Gasteiger partial charge < -0.3 is 9.42 Å². The molecule has 1 aliphatic heterocycles. The van der Waals surface area contributed by atoms with E-state index in [1.807, 2.05) is 32.0 Å². The van der Waals surface area contributed by atoms with Gasteiger partial charge in [-0.15, -0.1) is 0 Å². The van der Waals surface area contributed by atoms with Crippen LogP contribution in [0.5, 0.6) is 0 Å². The highest BCUT2D eigenvalue weighted by Crippen LogP contribution is 2.22. The molecule has 21 heavy (non-hydrogen) atoms. The Bertz CT molecular complexity index is 598. The van der Waals surface area contributed by atoms with Gasteiger partial charge in [0, 0.05) is 49.0 Å². The summed E-state index contributed by atoms with van der Waals surface area (Å²) in [6.07, 6.45) is 0. The van der Waals surface area contributed by atoms with Crippen LogP contribution in [0, 0.1) is 13.8 Å². The smallest absolute Gasteiger partial charge is 0.138 e. The molecule has 0 atom stereocenters. The van der Waals surface area contributed by atoms with Crippen molar-refractivity contribution in [2.45, 2.75) is 20.4 Å². The molecule has 2 aromatic rings. The van der Waals surface area contributed by atoms with E-state index in [1.165, 1.54) is 11.3 Å². The molecule has 1 aromatic heterocycles. The van der Waals surface area contributed by atoms with Crippen molar-refractivity contribution in [2.75, 3.05) is 31.1 Å². The molecule has 0 unspecified atom stereocenters. The Morgan fingerprint density at radius 2 is 1.95 bits per heavy atom. The highest BCUT2D eigenvalue weighted by Gasteiger charge is 2.20. The fourth-order valence-corrected chi connectivity index (χ4v) is 2.97. The minimum atomic E-state index is 0.797. The van der Waals surface area contributed by atoms with Crippen molar-refractivity contribution in [3.8, 4) is 0 Å². The first-order valence-corrected chi connectivity index (χ1v) is 7.66. The highest BCUT2D eigenvalue weighted by molar-refractivity contribution is 6.30. The van der Waals surface area contributed by atoms with Gasteiger partial charge in [-0.25, -0.2) is 0 Å². The van der Waals surface area contributed by atoms with Crippen LogP contribution in [0.3, 0.4) is 0 Å². The Hall–Kier alpha value is -1.52. The molecule has 5 heteroatoms. The molecule has 1 aromatic carbocycles. The van der Waals surface area contributed by atoms with Gasteiger partial charge in [0.15, 0.2) is 0 Å². The van der Waals surface area contributed by atoms with E-state index >= 15 is 0 Å². The number of halogens is 1. The normalized spacial score (nSPS) is 16.4. The second-order valence-electron chi connectivity index (χ2n) is 5.55. The summed E-state index contributed by atoms with van der Waals surface area (Å²) in [5.41, 5.74) is 3.44. The predicted molar refractivity (Wildman–Crippen MR) is 84.9 cm³/mol. The second kappa shape index (κ2) is 6.08. The third-order valence-electron chi connectivity index (χ3n) is 4.11. The molecule has 1 fully saturated rings. The van der Waals surface area contributed by atoms with Crippen molar-refractivity contribution < 1.29 is 4.52 Å². The summed E-state index contributed by atoms with van der Waals surface area (Å²) in [6.45, 7) is 9.02. The number of hydrogen-bond acceptors (Lipinski definition) is 4. The molecule has 0 saturated carbocycles. The lowest BCUT2D eigenvalue weighted by atomic mass is 10.1. The third kappa shape index (κ3) is 3.22. The number of aryl methyl sites for hydroxylation is 2. The van der Waals surface area contributed by atoms with Gasteiger partial charge in [0.1, 0.15) is 5.76 Å². The van der Waals surface area contributed by atoms with Crippen LogP contribution in [0.4, 0.5) is 5.69 Å². The minimum Gasteiger partial charge on any atom is -0.369 e. The molecule has 2 heterocycles. The fourth-order valence-electron chi connectivity index (χ4n) is 2.79. The van der Waals surface area contributed by atoms with Crippen LogP contribution >= 0.6 is 11.6 Å². The molecule has 0 bridgehead atoms. The van der Waals surface area contributed by atoms with E-state index in [9.17, 15) is 0 Å². The first-order chi connectivity index (χ1) is 10.1. The van der Waals surface area contributed by atoms with Crippen LogP contribution in [-0.4, -0.2) is 36.2 Å². The largest absolute Gasteiger partial charge is 0.369 e. The maximum absolute atomic E-state index is 6.07. The van der Waals surface area contributed by atoms with E-state index in [0.29, 0.717) is 0 Å². The van der Waals surface area contributed by atoms with Gasteiger partial charge >= 0.3 is 0 Å². The van der Waals surface area contributed by atoms with Crippen LogP contribution in [0.2, 0.25) is 5.02 Å². The summed E-state index contributed by atoms with van der Waals surface area (Å²) >= 11 is 6.07. The van der Waals surface area contributed by atoms with Crippen molar-refractivity contribution in [3.05, 3.63) is 46.3 Å². The van der Waals surface area contributed by atoms with Gasteiger partial charge in [0.25, 0.3) is 0 Å². The zero-order valence-corrected chi connectivity index (χ0v) is 13.2. The number of rotatable bonds is 3. The fraction of sp³-hybridized carbons (Fsp3) is 0.438. The molecule has 112 valence electrons. The number of nitrogens with zero attached hydrogens (tertiary/aromatic N) is 3. The van der Waals surface area contributed by atoms with Gasteiger partial charge in [0.05, 0.1) is 5.69 Å². The Balaban J connectivity index is 1.60. The van der Waals surface area contributed by atoms with Crippen LogP contribution in [0.15, 0.2) is 28.8 Å². The number of hydrogen-bond donors (Lipinski definition) is 0. The molecule has 0 amide bonds. The zero-order valence-electron chi connectivity index (χ0n) is 12.5. The van der Waals surface area contributed by atoms with Crippen molar-refractivity contribution >= 4 is 17.3 Å². The molecule has 0 radical (unpaired) electrons. The zero-order chi connectivity index (χ0) is 14.8. The van der Waals surface area contributed by atoms with E-state index in [2.05, 4.69) is 21.0 Å².